The van der Waals surface area contributed by atoms with Crippen LogP contribution in [0.5, 0.6) is 0 Å². The summed E-state index contributed by atoms with van der Waals surface area (Å²) < 4.78 is 0. The van der Waals surface area contributed by atoms with Gasteiger partial charge in [0, 0.05) is 38.6 Å². The summed E-state index contributed by atoms with van der Waals surface area (Å²) in [6.45, 7) is 10.5. The van der Waals surface area contributed by atoms with Crippen molar-refractivity contribution in [3.05, 3.63) is 59.7 Å². The average molecular weight is 447 g/mol. The Morgan fingerprint density at radius 3 is 1.30 bits per heavy atom. The number of benzene rings is 2. The highest BCUT2D eigenvalue weighted by molar-refractivity contribution is 5.62. The molecule has 0 atom stereocenters. The average Bonchev–Trinajstić information content (AvgIpc) is 2.84. The van der Waals surface area contributed by atoms with E-state index in [1.165, 1.54) is 11.1 Å². The molecule has 0 aliphatic rings. The summed E-state index contributed by atoms with van der Waals surface area (Å²) in [5.74, 6) is 2.04. The van der Waals surface area contributed by atoms with Crippen molar-refractivity contribution in [2.45, 2.75) is 53.4 Å². The van der Waals surface area contributed by atoms with Crippen molar-refractivity contribution in [2.75, 3.05) is 41.9 Å². The van der Waals surface area contributed by atoms with Crippen LogP contribution in [0.15, 0.2) is 48.5 Å². The Kier molecular flexibility index (Phi) is 8.64. The highest BCUT2D eigenvalue weighted by Crippen LogP contribution is 2.27. The second kappa shape index (κ2) is 11.6. The van der Waals surface area contributed by atoms with Gasteiger partial charge < -0.3 is 14.7 Å². The molecule has 0 aliphatic carbocycles. The third-order valence-electron chi connectivity index (χ3n) is 5.89. The Hall–Kier alpha value is -3.15. The molecule has 0 radical (unpaired) electrons. The van der Waals surface area contributed by atoms with Crippen molar-refractivity contribution in [1.82, 2.24) is 15.0 Å². The van der Waals surface area contributed by atoms with E-state index in [2.05, 4.69) is 81.1 Å². The van der Waals surface area contributed by atoms with Crippen molar-refractivity contribution in [2.24, 2.45) is 0 Å². The summed E-state index contributed by atoms with van der Waals surface area (Å²) in [7, 11) is 4.03. The minimum atomic E-state index is 0.649. The molecule has 3 aromatic rings. The summed E-state index contributed by atoms with van der Waals surface area (Å²) in [6, 6.07) is 16.9. The molecule has 0 amide bonds. The van der Waals surface area contributed by atoms with E-state index in [1.807, 2.05) is 23.9 Å². The van der Waals surface area contributed by atoms with Gasteiger partial charge in [-0.15, -0.1) is 0 Å². The van der Waals surface area contributed by atoms with Crippen molar-refractivity contribution in [3.63, 3.8) is 0 Å². The lowest BCUT2D eigenvalue weighted by Crippen LogP contribution is -2.29. The van der Waals surface area contributed by atoms with Gasteiger partial charge in [-0.05, 0) is 51.0 Å². The highest BCUT2D eigenvalue weighted by atomic mass is 15.4. The van der Waals surface area contributed by atoms with Crippen molar-refractivity contribution in [3.8, 4) is 0 Å². The molecule has 0 unspecified atom stereocenters. The number of hydrogen-bond acceptors (Lipinski definition) is 6. The van der Waals surface area contributed by atoms with Crippen LogP contribution in [-0.2, 0) is 0 Å². The van der Waals surface area contributed by atoms with Crippen LogP contribution in [0.4, 0.5) is 29.2 Å². The standard InChI is InChI=1S/C27H38N6/c1-7-9-19-33(20-10-8-2)27-29-25(31(5)23-15-11-21(3)12-16-23)28-26(30-27)32(6)24-17-13-22(4)14-18-24/h11-18H,7-10,19-20H2,1-6H3. The van der Waals surface area contributed by atoms with Gasteiger partial charge in [0.2, 0.25) is 17.8 Å². The Morgan fingerprint density at radius 1 is 0.576 bits per heavy atom. The summed E-state index contributed by atoms with van der Waals surface area (Å²) in [5.41, 5.74) is 4.56. The number of aryl methyl sites for hydroxylation is 2. The summed E-state index contributed by atoms with van der Waals surface area (Å²) in [4.78, 5) is 21.1. The lowest BCUT2D eigenvalue weighted by molar-refractivity contribution is 0.660. The van der Waals surface area contributed by atoms with Crippen molar-refractivity contribution >= 4 is 29.2 Å². The van der Waals surface area contributed by atoms with Crippen LogP contribution >= 0.6 is 0 Å². The zero-order valence-electron chi connectivity index (χ0n) is 21.0. The summed E-state index contributed by atoms with van der Waals surface area (Å²) in [6.07, 6.45) is 4.50. The molecule has 176 valence electrons. The molecule has 0 N–H and O–H groups in total. The van der Waals surface area contributed by atoms with Crippen LogP contribution in [0.2, 0.25) is 0 Å². The van der Waals surface area contributed by atoms with Crippen LogP contribution in [0.25, 0.3) is 0 Å². The maximum absolute atomic E-state index is 4.93. The fraction of sp³-hybridized carbons (Fsp3) is 0.444. The molecule has 1 heterocycles. The number of anilines is 5. The molecule has 0 saturated carbocycles. The van der Waals surface area contributed by atoms with Gasteiger partial charge in [-0.1, -0.05) is 62.1 Å². The topological polar surface area (TPSA) is 48.4 Å². The van der Waals surface area contributed by atoms with E-state index in [-0.39, 0.29) is 0 Å². The zero-order chi connectivity index (χ0) is 23.8. The number of aromatic nitrogens is 3. The van der Waals surface area contributed by atoms with E-state index < -0.39 is 0 Å². The predicted molar refractivity (Wildman–Crippen MR) is 140 cm³/mol. The van der Waals surface area contributed by atoms with E-state index in [9.17, 15) is 0 Å². The molecule has 1 aromatic heterocycles. The SMILES string of the molecule is CCCCN(CCCC)c1nc(N(C)c2ccc(C)cc2)nc(N(C)c2ccc(C)cc2)n1. The molecule has 0 bridgehead atoms. The Labute approximate surface area is 199 Å². The predicted octanol–water partition coefficient (Wildman–Crippen LogP) is 6.43. The van der Waals surface area contributed by atoms with E-state index in [0.29, 0.717) is 11.9 Å². The monoisotopic (exact) mass is 446 g/mol. The molecular weight excluding hydrogens is 408 g/mol. The van der Waals surface area contributed by atoms with E-state index in [4.69, 9.17) is 15.0 Å². The molecule has 33 heavy (non-hydrogen) atoms. The van der Waals surface area contributed by atoms with Gasteiger partial charge >= 0.3 is 0 Å². The first kappa shape index (κ1) is 24.5. The molecule has 6 nitrogen and oxygen atoms in total. The third-order valence-corrected chi connectivity index (χ3v) is 5.89. The Bertz CT molecular complexity index is 922. The van der Waals surface area contributed by atoms with Gasteiger partial charge in [-0.2, -0.15) is 15.0 Å². The molecule has 0 spiro atoms. The quantitative estimate of drug-likeness (QED) is 0.338. The summed E-state index contributed by atoms with van der Waals surface area (Å²) in [5, 5.41) is 0. The molecule has 2 aromatic carbocycles. The van der Waals surface area contributed by atoms with Crippen LogP contribution < -0.4 is 14.7 Å². The van der Waals surface area contributed by atoms with Crippen molar-refractivity contribution in [1.29, 1.82) is 0 Å². The second-order valence-corrected chi connectivity index (χ2v) is 8.72. The van der Waals surface area contributed by atoms with Gasteiger partial charge in [0.15, 0.2) is 0 Å². The largest absolute Gasteiger partial charge is 0.341 e. The molecule has 0 saturated heterocycles. The zero-order valence-corrected chi connectivity index (χ0v) is 21.0. The molecule has 3 rings (SSSR count). The van der Waals surface area contributed by atoms with Gasteiger partial charge in [-0.25, -0.2) is 0 Å². The number of unbranched alkanes of at least 4 members (excludes halogenated alkanes) is 2. The Morgan fingerprint density at radius 2 is 0.939 bits per heavy atom. The molecular formula is C27H38N6. The van der Waals surface area contributed by atoms with E-state index >= 15 is 0 Å². The van der Waals surface area contributed by atoms with E-state index in [1.54, 1.807) is 0 Å². The lowest BCUT2D eigenvalue weighted by atomic mass is 10.2. The fourth-order valence-electron chi connectivity index (χ4n) is 3.56. The first-order valence-corrected chi connectivity index (χ1v) is 12.0. The smallest absolute Gasteiger partial charge is 0.236 e. The number of nitrogens with zero attached hydrogens (tertiary/aromatic N) is 6. The van der Waals surface area contributed by atoms with Crippen molar-refractivity contribution < 1.29 is 0 Å². The van der Waals surface area contributed by atoms with Crippen LogP contribution in [-0.4, -0.2) is 42.1 Å². The van der Waals surface area contributed by atoms with Crippen LogP contribution in [0.1, 0.15) is 50.7 Å². The fourth-order valence-corrected chi connectivity index (χ4v) is 3.56. The first-order valence-electron chi connectivity index (χ1n) is 12.0. The van der Waals surface area contributed by atoms with Crippen LogP contribution in [0, 0.1) is 13.8 Å². The van der Waals surface area contributed by atoms with Gasteiger partial charge in [-0.3, -0.25) is 0 Å². The number of rotatable bonds is 11. The van der Waals surface area contributed by atoms with E-state index in [0.717, 1.165) is 56.1 Å². The molecule has 6 heteroatoms. The van der Waals surface area contributed by atoms with Crippen LogP contribution in [0.3, 0.4) is 0 Å². The normalized spacial score (nSPS) is 10.8. The molecule has 0 aliphatic heterocycles. The maximum Gasteiger partial charge on any atom is 0.236 e. The second-order valence-electron chi connectivity index (χ2n) is 8.72. The minimum absolute atomic E-state index is 0.649. The summed E-state index contributed by atoms with van der Waals surface area (Å²) >= 11 is 0. The maximum atomic E-state index is 4.93. The number of hydrogen-bond donors (Lipinski definition) is 0. The van der Waals surface area contributed by atoms with Gasteiger partial charge in [0.1, 0.15) is 0 Å². The lowest BCUT2D eigenvalue weighted by Gasteiger charge is -2.27. The first-order chi connectivity index (χ1) is 15.9. The molecule has 0 fully saturated rings. The third kappa shape index (κ3) is 6.44. The van der Waals surface area contributed by atoms with Gasteiger partial charge in [0.25, 0.3) is 0 Å². The minimum Gasteiger partial charge on any atom is -0.341 e. The Balaban J connectivity index is 2.05. The van der Waals surface area contributed by atoms with Gasteiger partial charge in [0.05, 0.1) is 0 Å². The highest BCUT2D eigenvalue weighted by Gasteiger charge is 2.19.